The van der Waals surface area contributed by atoms with Crippen molar-refractivity contribution in [3.63, 3.8) is 0 Å². The van der Waals surface area contributed by atoms with Crippen molar-refractivity contribution in [2.24, 2.45) is 0 Å². The Balaban J connectivity index is 2.01. The molecule has 0 aromatic carbocycles. The van der Waals surface area contributed by atoms with Gasteiger partial charge in [0, 0.05) is 24.2 Å². The molecule has 2 aliphatic heterocycles. The van der Waals surface area contributed by atoms with Crippen LogP contribution in [0.15, 0.2) is 0 Å². The number of fused-ring (bicyclic) bond motifs is 2. The van der Waals surface area contributed by atoms with Gasteiger partial charge in [-0.15, -0.1) is 0 Å². The van der Waals surface area contributed by atoms with Gasteiger partial charge in [-0.3, -0.25) is 4.90 Å². The minimum Gasteiger partial charge on any atom is -0.453 e. The Labute approximate surface area is 115 Å². The number of nitrogens with zero attached hydrogens (tertiary/aromatic N) is 1. The summed E-state index contributed by atoms with van der Waals surface area (Å²) in [6.07, 6.45) is 3.26. The van der Waals surface area contributed by atoms with Crippen molar-refractivity contribution in [3.05, 3.63) is 0 Å². The molecule has 19 heavy (non-hydrogen) atoms. The number of nitrogens with one attached hydrogen (secondary N) is 1. The third kappa shape index (κ3) is 3.03. The van der Waals surface area contributed by atoms with E-state index in [0.29, 0.717) is 12.1 Å². The molecule has 0 saturated carbocycles. The summed E-state index contributed by atoms with van der Waals surface area (Å²) in [5.41, 5.74) is -0.648. The molecule has 5 nitrogen and oxygen atoms in total. The monoisotopic (exact) mass is 270 g/mol. The van der Waals surface area contributed by atoms with Crippen LogP contribution in [0, 0.1) is 0 Å². The molecule has 0 spiro atoms. The van der Waals surface area contributed by atoms with E-state index in [0.717, 1.165) is 25.7 Å². The predicted octanol–water partition coefficient (Wildman–Crippen LogP) is 1.50. The van der Waals surface area contributed by atoms with E-state index in [1.54, 1.807) is 0 Å². The van der Waals surface area contributed by atoms with Gasteiger partial charge >= 0.3 is 6.09 Å². The summed E-state index contributed by atoms with van der Waals surface area (Å²) in [5, 5.41) is 13.3. The van der Waals surface area contributed by atoms with E-state index in [-0.39, 0.29) is 12.1 Å². The van der Waals surface area contributed by atoms with Gasteiger partial charge in [0.2, 0.25) is 0 Å². The summed E-state index contributed by atoms with van der Waals surface area (Å²) < 4.78 is 4.56. The molecule has 2 N–H and O–H groups in total. The number of carbonyl (C=O) groups is 1. The third-order valence-corrected chi connectivity index (χ3v) is 4.37. The standard InChI is InChI=1S/C14H26N2O3/c1-13(2,3)16-10-5-6-11(16)8-14(18,7-10)9-15-12(17)19-4/h10-11,18H,5-9H2,1-4H3,(H,15,17)/t10-,11?,14?/m1/s1. The molecular weight excluding hydrogens is 244 g/mol. The number of amides is 1. The number of hydrogen-bond acceptors (Lipinski definition) is 4. The van der Waals surface area contributed by atoms with Crippen molar-refractivity contribution in [2.75, 3.05) is 13.7 Å². The highest BCUT2D eigenvalue weighted by atomic mass is 16.5. The molecule has 2 saturated heterocycles. The first-order chi connectivity index (χ1) is 8.75. The minimum atomic E-state index is -0.790. The Morgan fingerprint density at radius 1 is 1.37 bits per heavy atom. The van der Waals surface area contributed by atoms with E-state index in [1.165, 1.54) is 7.11 Å². The fourth-order valence-corrected chi connectivity index (χ4v) is 3.87. The summed E-state index contributed by atoms with van der Waals surface area (Å²) in [6, 6.07) is 0.839. The molecule has 0 aromatic rings. The molecule has 3 atom stereocenters. The van der Waals surface area contributed by atoms with Gasteiger partial charge in [-0.25, -0.2) is 4.79 Å². The number of aliphatic hydroxyl groups is 1. The quantitative estimate of drug-likeness (QED) is 0.798. The molecule has 5 heteroatoms. The van der Waals surface area contributed by atoms with Gasteiger partial charge in [0.25, 0.3) is 0 Å². The predicted molar refractivity (Wildman–Crippen MR) is 73.0 cm³/mol. The van der Waals surface area contributed by atoms with Crippen molar-refractivity contribution in [3.8, 4) is 0 Å². The minimum absolute atomic E-state index is 0.142. The second kappa shape index (κ2) is 4.94. The van der Waals surface area contributed by atoms with Gasteiger partial charge in [-0.1, -0.05) is 0 Å². The van der Waals surface area contributed by atoms with E-state index >= 15 is 0 Å². The highest BCUT2D eigenvalue weighted by Gasteiger charge is 2.50. The van der Waals surface area contributed by atoms with E-state index in [1.807, 2.05) is 0 Å². The topological polar surface area (TPSA) is 61.8 Å². The maximum Gasteiger partial charge on any atom is 0.406 e. The molecule has 2 fully saturated rings. The fraction of sp³-hybridized carbons (Fsp3) is 0.929. The maximum absolute atomic E-state index is 11.1. The largest absolute Gasteiger partial charge is 0.453 e. The van der Waals surface area contributed by atoms with Crippen molar-refractivity contribution in [1.29, 1.82) is 0 Å². The lowest BCUT2D eigenvalue weighted by Gasteiger charge is -2.49. The Kier molecular flexibility index (Phi) is 3.80. The molecule has 2 heterocycles. The zero-order valence-corrected chi connectivity index (χ0v) is 12.4. The van der Waals surface area contributed by atoms with Crippen molar-refractivity contribution in [2.45, 2.75) is 69.7 Å². The maximum atomic E-state index is 11.1. The molecule has 2 rings (SSSR count). The smallest absolute Gasteiger partial charge is 0.406 e. The Morgan fingerprint density at radius 3 is 2.32 bits per heavy atom. The van der Waals surface area contributed by atoms with Gasteiger partial charge in [0.1, 0.15) is 0 Å². The van der Waals surface area contributed by atoms with Gasteiger partial charge in [0.15, 0.2) is 0 Å². The average molecular weight is 270 g/mol. The summed E-state index contributed by atoms with van der Waals surface area (Å²) in [5.74, 6) is 0. The van der Waals surface area contributed by atoms with Crippen molar-refractivity contribution < 1.29 is 14.6 Å². The molecule has 110 valence electrons. The summed E-state index contributed by atoms with van der Waals surface area (Å²) in [4.78, 5) is 13.7. The lowest BCUT2D eigenvalue weighted by molar-refractivity contribution is -0.0758. The third-order valence-electron chi connectivity index (χ3n) is 4.37. The highest BCUT2D eigenvalue weighted by molar-refractivity contribution is 5.66. The molecule has 1 amide bonds. The first-order valence-corrected chi connectivity index (χ1v) is 7.08. The van der Waals surface area contributed by atoms with Gasteiger partial charge in [-0.2, -0.15) is 0 Å². The SMILES string of the molecule is COC(=O)NCC1(O)CC2CC[C@H](C1)N2C(C)(C)C. The van der Waals surface area contributed by atoms with Crippen LogP contribution in [0.5, 0.6) is 0 Å². The fourth-order valence-electron chi connectivity index (χ4n) is 3.87. The number of piperidine rings is 1. The number of ether oxygens (including phenoxy) is 1. The Morgan fingerprint density at radius 2 is 1.89 bits per heavy atom. The molecular formula is C14H26N2O3. The van der Waals surface area contributed by atoms with Crippen LogP contribution in [0.25, 0.3) is 0 Å². The van der Waals surface area contributed by atoms with E-state index in [4.69, 9.17) is 0 Å². The van der Waals surface area contributed by atoms with Gasteiger partial charge in [-0.05, 0) is 46.5 Å². The van der Waals surface area contributed by atoms with E-state index in [9.17, 15) is 9.90 Å². The van der Waals surface area contributed by atoms with Crippen LogP contribution in [0.4, 0.5) is 4.79 Å². The van der Waals surface area contributed by atoms with E-state index in [2.05, 4.69) is 35.7 Å². The first-order valence-electron chi connectivity index (χ1n) is 7.08. The molecule has 2 aliphatic rings. The summed E-state index contributed by atoms with van der Waals surface area (Å²) in [6.45, 7) is 6.98. The van der Waals surface area contributed by atoms with Crippen LogP contribution in [0.2, 0.25) is 0 Å². The zero-order chi connectivity index (χ0) is 14.3. The number of hydrogen-bond donors (Lipinski definition) is 2. The zero-order valence-electron chi connectivity index (χ0n) is 12.4. The van der Waals surface area contributed by atoms with Gasteiger partial charge in [0.05, 0.1) is 12.7 Å². The Bertz CT molecular complexity index is 337. The van der Waals surface area contributed by atoms with Crippen LogP contribution in [-0.2, 0) is 4.74 Å². The number of carbonyl (C=O) groups excluding carboxylic acids is 1. The number of alkyl carbamates (subject to hydrolysis) is 1. The van der Waals surface area contributed by atoms with Crippen LogP contribution < -0.4 is 5.32 Å². The van der Waals surface area contributed by atoms with E-state index < -0.39 is 11.7 Å². The van der Waals surface area contributed by atoms with Crippen molar-refractivity contribution in [1.82, 2.24) is 10.2 Å². The van der Waals surface area contributed by atoms with Crippen LogP contribution >= 0.6 is 0 Å². The summed E-state index contributed by atoms with van der Waals surface area (Å²) in [7, 11) is 1.34. The second-order valence-corrected chi connectivity index (χ2v) is 6.94. The molecule has 0 aromatic heterocycles. The molecule has 0 radical (unpaired) electrons. The lowest BCUT2D eigenvalue weighted by atomic mass is 9.83. The second-order valence-electron chi connectivity index (χ2n) is 6.94. The van der Waals surface area contributed by atoms with Crippen LogP contribution in [0.3, 0.4) is 0 Å². The molecule has 2 bridgehead atoms. The van der Waals surface area contributed by atoms with Crippen molar-refractivity contribution >= 4 is 6.09 Å². The van der Waals surface area contributed by atoms with Crippen LogP contribution in [0.1, 0.15) is 46.5 Å². The molecule has 0 aliphatic carbocycles. The summed E-state index contributed by atoms with van der Waals surface area (Å²) >= 11 is 0. The average Bonchev–Trinajstić information content (AvgIpc) is 2.60. The Hall–Kier alpha value is -0.810. The molecule has 2 unspecified atom stereocenters. The van der Waals surface area contributed by atoms with Gasteiger partial charge < -0.3 is 15.2 Å². The number of methoxy groups -OCH3 is 1. The van der Waals surface area contributed by atoms with Crippen LogP contribution in [-0.4, -0.2) is 53.0 Å². The first kappa shape index (κ1) is 14.6. The highest BCUT2D eigenvalue weighted by Crippen LogP contribution is 2.44. The normalized spacial score (nSPS) is 35.2. The lowest BCUT2D eigenvalue weighted by Crippen LogP contribution is -2.60. The number of rotatable bonds is 2.